The average molecular weight is 535 g/mol. The van der Waals surface area contributed by atoms with Gasteiger partial charge in [-0.3, -0.25) is 19.2 Å². The quantitative estimate of drug-likeness (QED) is 0.471. The number of carbonyl (C=O) groups excluding carboxylic acids is 4. The van der Waals surface area contributed by atoms with Crippen LogP contribution in [0.2, 0.25) is 0 Å². The molecule has 1 saturated heterocycles. The third kappa shape index (κ3) is 5.66. The molecule has 2 aromatic rings. The lowest BCUT2D eigenvalue weighted by Crippen LogP contribution is -2.60. The Labute approximate surface area is 221 Å². The van der Waals surface area contributed by atoms with Gasteiger partial charge in [-0.15, -0.1) is 11.6 Å². The van der Waals surface area contributed by atoms with Gasteiger partial charge in [-0.05, 0) is 41.9 Å². The maximum Gasteiger partial charge on any atom is 0.268 e. The van der Waals surface area contributed by atoms with Crippen LogP contribution in [0.25, 0.3) is 10.9 Å². The number of benzene rings is 1. The Morgan fingerprint density at radius 1 is 1.22 bits per heavy atom. The Morgan fingerprint density at radius 3 is 2.43 bits per heavy atom. The van der Waals surface area contributed by atoms with Crippen LogP contribution in [0.4, 0.5) is 4.39 Å². The standard InChI is InChI=1S/C27H36ClFN4O4/c1-14-13-33(22(27(14,6)7)24(36)30-15(2)20(34)12-28)25(37)21(26(3,4)5)32-23(35)19-11-16-17(29)9-8-10-18(16)31-19/h8-11,14-15,21-22,31H,12-13H2,1-7H3,(H,30,36)(H,32,35)/t14-,15?,21-,22-/m1/s1. The molecule has 1 unspecified atom stereocenters. The fourth-order valence-corrected chi connectivity index (χ4v) is 4.99. The van der Waals surface area contributed by atoms with Gasteiger partial charge in [-0.2, -0.15) is 0 Å². The molecule has 0 aliphatic carbocycles. The second-order valence-electron chi connectivity index (χ2n) is 11.6. The van der Waals surface area contributed by atoms with E-state index in [0.29, 0.717) is 12.1 Å². The molecular weight excluding hydrogens is 499 g/mol. The van der Waals surface area contributed by atoms with Crippen molar-refractivity contribution in [2.45, 2.75) is 66.6 Å². The van der Waals surface area contributed by atoms with Crippen molar-refractivity contribution in [3.63, 3.8) is 0 Å². The number of Topliss-reactive ketones (excluding diaryl/α,β-unsaturated/α-hetero) is 1. The summed E-state index contributed by atoms with van der Waals surface area (Å²) in [4.78, 5) is 56.9. The first kappa shape index (κ1) is 28.6. The van der Waals surface area contributed by atoms with Crippen molar-refractivity contribution >= 4 is 46.0 Å². The Kier molecular flexibility index (Phi) is 8.08. The van der Waals surface area contributed by atoms with E-state index in [2.05, 4.69) is 15.6 Å². The molecule has 10 heteroatoms. The monoisotopic (exact) mass is 534 g/mol. The SMILES string of the molecule is CC(NC(=O)[C@H]1N(C(=O)[C@@H](NC(=O)c2cc3c(F)cccc3[nH]2)C(C)(C)C)C[C@@H](C)C1(C)C)C(=O)CCl. The van der Waals surface area contributed by atoms with E-state index >= 15 is 0 Å². The summed E-state index contributed by atoms with van der Waals surface area (Å²) < 4.78 is 14.2. The Balaban J connectivity index is 1.91. The number of halogens is 2. The molecule has 1 aliphatic heterocycles. The minimum absolute atomic E-state index is 0.0285. The van der Waals surface area contributed by atoms with E-state index in [9.17, 15) is 23.6 Å². The highest BCUT2D eigenvalue weighted by Gasteiger charge is 2.53. The fraction of sp³-hybridized carbons (Fsp3) is 0.556. The maximum atomic E-state index is 14.2. The van der Waals surface area contributed by atoms with Gasteiger partial charge in [-0.25, -0.2) is 4.39 Å². The van der Waals surface area contributed by atoms with Crippen LogP contribution in [-0.4, -0.2) is 63.9 Å². The van der Waals surface area contributed by atoms with Crippen LogP contribution in [-0.2, 0) is 14.4 Å². The summed E-state index contributed by atoms with van der Waals surface area (Å²) >= 11 is 5.64. The first-order valence-corrected chi connectivity index (χ1v) is 12.9. The summed E-state index contributed by atoms with van der Waals surface area (Å²) in [5, 5.41) is 5.79. The topological polar surface area (TPSA) is 111 Å². The van der Waals surface area contributed by atoms with E-state index < -0.39 is 52.5 Å². The van der Waals surface area contributed by atoms with Gasteiger partial charge in [0.15, 0.2) is 5.78 Å². The van der Waals surface area contributed by atoms with Crippen LogP contribution in [0.5, 0.6) is 0 Å². The first-order chi connectivity index (χ1) is 17.1. The number of aromatic amines is 1. The van der Waals surface area contributed by atoms with Crippen LogP contribution in [0.1, 0.15) is 59.0 Å². The van der Waals surface area contributed by atoms with Crippen molar-refractivity contribution < 1.29 is 23.6 Å². The molecule has 2 heterocycles. The summed E-state index contributed by atoms with van der Waals surface area (Å²) in [6, 6.07) is 3.29. The van der Waals surface area contributed by atoms with Gasteiger partial charge in [0.05, 0.1) is 11.9 Å². The van der Waals surface area contributed by atoms with Crippen LogP contribution in [0.15, 0.2) is 24.3 Å². The lowest BCUT2D eigenvalue weighted by Gasteiger charge is -2.38. The van der Waals surface area contributed by atoms with Crippen LogP contribution in [0.3, 0.4) is 0 Å². The van der Waals surface area contributed by atoms with Crippen molar-refractivity contribution in [1.29, 1.82) is 0 Å². The number of likely N-dealkylation sites (tertiary alicyclic amines) is 1. The molecule has 1 aromatic carbocycles. The van der Waals surface area contributed by atoms with Gasteiger partial charge in [0.2, 0.25) is 11.8 Å². The maximum absolute atomic E-state index is 14.2. The summed E-state index contributed by atoms with van der Waals surface area (Å²) in [7, 11) is 0. The van der Waals surface area contributed by atoms with Crippen molar-refractivity contribution in [3.8, 4) is 0 Å². The number of hydrogen-bond donors (Lipinski definition) is 3. The summed E-state index contributed by atoms with van der Waals surface area (Å²) in [5.74, 6) is -2.45. The molecule has 3 rings (SSSR count). The number of amides is 3. The number of rotatable bonds is 7. The molecular formula is C27H36ClFN4O4. The molecule has 3 N–H and O–H groups in total. The molecule has 0 radical (unpaired) electrons. The van der Waals surface area contributed by atoms with Gasteiger partial charge < -0.3 is 20.5 Å². The molecule has 1 aliphatic rings. The highest BCUT2D eigenvalue weighted by molar-refractivity contribution is 6.28. The third-order valence-corrected chi connectivity index (χ3v) is 7.77. The van der Waals surface area contributed by atoms with Crippen LogP contribution < -0.4 is 10.6 Å². The highest BCUT2D eigenvalue weighted by Crippen LogP contribution is 2.42. The van der Waals surface area contributed by atoms with Crippen molar-refractivity contribution in [1.82, 2.24) is 20.5 Å². The summed E-state index contributed by atoms with van der Waals surface area (Å²) in [6.07, 6.45) is 0. The number of fused-ring (bicyclic) bond motifs is 1. The molecule has 0 saturated carbocycles. The first-order valence-electron chi connectivity index (χ1n) is 12.4. The lowest BCUT2D eigenvalue weighted by molar-refractivity contribution is -0.144. The molecule has 37 heavy (non-hydrogen) atoms. The van der Waals surface area contributed by atoms with Gasteiger partial charge in [0.25, 0.3) is 5.91 Å². The summed E-state index contributed by atoms with van der Waals surface area (Å²) in [5.41, 5.74) is -0.704. The average Bonchev–Trinajstić information content (AvgIpc) is 3.35. The van der Waals surface area contributed by atoms with Crippen molar-refractivity contribution in [2.75, 3.05) is 12.4 Å². The number of ketones is 1. The molecule has 0 spiro atoms. The van der Waals surface area contributed by atoms with Gasteiger partial charge in [0, 0.05) is 17.4 Å². The fourth-order valence-electron chi connectivity index (χ4n) is 4.76. The highest BCUT2D eigenvalue weighted by atomic mass is 35.5. The number of H-pyrrole nitrogens is 1. The molecule has 3 amide bonds. The molecule has 0 bridgehead atoms. The number of alkyl halides is 1. The van der Waals surface area contributed by atoms with Crippen molar-refractivity contribution in [2.24, 2.45) is 16.7 Å². The predicted octanol–water partition coefficient (Wildman–Crippen LogP) is 3.64. The normalized spacial score (nSPS) is 20.9. The van der Waals surface area contributed by atoms with Gasteiger partial charge in [0.1, 0.15) is 23.6 Å². The summed E-state index contributed by atoms with van der Waals surface area (Å²) in [6.45, 7) is 13.1. The second kappa shape index (κ2) is 10.4. The Hall–Kier alpha value is -2.94. The van der Waals surface area contributed by atoms with E-state index in [1.54, 1.807) is 19.1 Å². The van der Waals surface area contributed by atoms with Crippen LogP contribution >= 0.6 is 11.6 Å². The number of hydrogen-bond acceptors (Lipinski definition) is 4. The number of aromatic nitrogens is 1. The molecule has 4 atom stereocenters. The predicted molar refractivity (Wildman–Crippen MR) is 141 cm³/mol. The zero-order valence-electron chi connectivity index (χ0n) is 22.4. The molecule has 1 fully saturated rings. The zero-order valence-corrected chi connectivity index (χ0v) is 23.1. The van der Waals surface area contributed by atoms with Crippen LogP contribution in [0, 0.1) is 22.6 Å². The number of carbonyl (C=O) groups is 4. The smallest absolute Gasteiger partial charge is 0.268 e. The zero-order chi connectivity index (χ0) is 27.9. The molecule has 202 valence electrons. The van der Waals surface area contributed by atoms with E-state index in [0.717, 1.165) is 0 Å². The molecule has 8 nitrogen and oxygen atoms in total. The van der Waals surface area contributed by atoms with Crippen molar-refractivity contribution in [3.05, 3.63) is 35.8 Å². The van der Waals surface area contributed by atoms with E-state index in [-0.39, 0.29) is 28.7 Å². The van der Waals surface area contributed by atoms with Gasteiger partial charge in [-0.1, -0.05) is 47.6 Å². The number of nitrogens with one attached hydrogen (secondary N) is 3. The van der Waals surface area contributed by atoms with Gasteiger partial charge >= 0.3 is 0 Å². The largest absolute Gasteiger partial charge is 0.350 e. The minimum atomic E-state index is -0.977. The van der Waals surface area contributed by atoms with E-state index in [1.807, 2.05) is 41.5 Å². The lowest BCUT2D eigenvalue weighted by atomic mass is 9.77. The van der Waals surface area contributed by atoms with E-state index in [4.69, 9.17) is 11.6 Å². The molecule has 1 aromatic heterocycles. The van der Waals surface area contributed by atoms with E-state index in [1.165, 1.54) is 17.0 Å². The number of nitrogens with zero attached hydrogens (tertiary/aromatic N) is 1. The minimum Gasteiger partial charge on any atom is -0.350 e. The third-order valence-electron chi connectivity index (χ3n) is 7.51. The Bertz CT molecular complexity index is 1220. The Morgan fingerprint density at radius 2 is 1.86 bits per heavy atom. The second-order valence-corrected chi connectivity index (χ2v) is 11.9.